The SMILES string of the molecule is CC.CC(C)C[CH2][AlH2]. The van der Waals surface area contributed by atoms with Crippen molar-refractivity contribution in [1.82, 2.24) is 0 Å². The predicted molar refractivity (Wildman–Crippen MR) is 44.2 cm³/mol. The number of hydrogen-bond acceptors (Lipinski definition) is 0. The summed E-state index contributed by atoms with van der Waals surface area (Å²) in [6, 6.07) is 0. The zero-order chi connectivity index (χ0) is 6.99. The monoisotopic (exact) mass is 130 g/mol. The van der Waals surface area contributed by atoms with Crippen LogP contribution >= 0.6 is 0 Å². The molecule has 8 heavy (non-hydrogen) atoms. The average Bonchev–Trinajstić information content (AvgIpc) is 1.72. The maximum atomic E-state index is 2.28. The molecule has 50 valence electrons. The second-order valence-electron chi connectivity index (χ2n) is 2.18. The van der Waals surface area contributed by atoms with E-state index < -0.39 is 0 Å². The first-order valence-electron chi connectivity index (χ1n) is 3.77. The van der Waals surface area contributed by atoms with Gasteiger partial charge in [-0.25, -0.2) is 0 Å². The van der Waals surface area contributed by atoms with Crippen molar-refractivity contribution >= 4 is 16.3 Å². The molecule has 0 aliphatic carbocycles. The zero-order valence-electron chi connectivity index (χ0n) is 6.99. The molecule has 0 aromatic carbocycles. The van der Waals surface area contributed by atoms with Gasteiger partial charge in [0.15, 0.2) is 0 Å². The van der Waals surface area contributed by atoms with Crippen LogP contribution in [0.25, 0.3) is 0 Å². The molecule has 0 aliphatic rings. The molecule has 0 fully saturated rings. The molecule has 0 atom stereocenters. The molecule has 0 radical (unpaired) electrons. The van der Waals surface area contributed by atoms with Crippen LogP contribution in [0.3, 0.4) is 0 Å². The summed E-state index contributed by atoms with van der Waals surface area (Å²) in [6.07, 6.45) is 1.44. The van der Waals surface area contributed by atoms with Crippen LogP contribution in [0.4, 0.5) is 0 Å². The van der Waals surface area contributed by atoms with Gasteiger partial charge >= 0.3 is 0 Å². The normalized spacial score (nSPS) is 8.12. The Morgan fingerprint density at radius 1 is 1.25 bits per heavy atom. The van der Waals surface area contributed by atoms with Crippen LogP contribution < -0.4 is 0 Å². The number of rotatable bonds is 2. The molecule has 0 unspecified atom stereocenters. The van der Waals surface area contributed by atoms with Gasteiger partial charge in [0.25, 0.3) is 0 Å². The Labute approximate surface area is 62.1 Å². The first-order chi connectivity index (χ1) is 3.77. The van der Waals surface area contributed by atoms with Gasteiger partial charge in [-0.3, -0.25) is 0 Å². The fraction of sp³-hybridized carbons (Fsp3) is 1.00. The van der Waals surface area contributed by atoms with Crippen LogP contribution in [0.1, 0.15) is 34.1 Å². The molecule has 0 aliphatic heterocycles. The molecule has 0 rings (SSSR count). The van der Waals surface area contributed by atoms with Crippen LogP contribution in [0.5, 0.6) is 0 Å². The molecular formula is C7H19Al. The molecule has 0 saturated heterocycles. The van der Waals surface area contributed by atoms with Gasteiger partial charge in [-0.15, -0.1) is 5.28 Å². The summed E-state index contributed by atoms with van der Waals surface area (Å²) in [7, 11) is 0. The van der Waals surface area contributed by atoms with Gasteiger partial charge < -0.3 is 0 Å². The highest BCUT2D eigenvalue weighted by molar-refractivity contribution is 6.08. The van der Waals surface area contributed by atoms with E-state index in [0.717, 1.165) is 5.92 Å². The van der Waals surface area contributed by atoms with Gasteiger partial charge in [0.1, 0.15) is 0 Å². The summed E-state index contributed by atoms with van der Waals surface area (Å²) in [5, 5.41) is 1.47. The van der Waals surface area contributed by atoms with Gasteiger partial charge in [-0.1, -0.05) is 34.1 Å². The summed E-state index contributed by atoms with van der Waals surface area (Å²) < 4.78 is 0. The Morgan fingerprint density at radius 2 is 1.62 bits per heavy atom. The van der Waals surface area contributed by atoms with E-state index in [1.165, 1.54) is 28.0 Å². The third-order valence-corrected chi connectivity index (χ3v) is 1.44. The van der Waals surface area contributed by atoms with Crippen molar-refractivity contribution in [3.63, 3.8) is 0 Å². The molecule has 0 saturated carbocycles. The molecule has 0 spiro atoms. The standard InChI is InChI=1S/C5H11.C2H6.Al.2H/c1-4-5(2)3;1-2;;;/h5H,1,4H2,2-3H3;1-2H3;;;. The first kappa shape index (κ1) is 11.3. The smallest absolute Gasteiger partial charge is 0.101 e. The third-order valence-electron chi connectivity index (χ3n) is 0.866. The van der Waals surface area contributed by atoms with Gasteiger partial charge in [0, 0.05) is 0 Å². The van der Waals surface area contributed by atoms with E-state index in [9.17, 15) is 0 Å². The highest BCUT2D eigenvalue weighted by atomic mass is 27.0. The minimum atomic E-state index is 0.933. The van der Waals surface area contributed by atoms with Crippen LogP contribution in [0, 0.1) is 5.92 Å². The topological polar surface area (TPSA) is 0 Å². The van der Waals surface area contributed by atoms with Gasteiger partial charge in [-0.2, -0.15) is 0 Å². The van der Waals surface area contributed by atoms with E-state index in [4.69, 9.17) is 0 Å². The third kappa shape index (κ3) is 16.0. The Kier molecular flexibility index (Phi) is 14.9. The van der Waals surface area contributed by atoms with E-state index in [1.807, 2.05) is 13.8 Å². The number of hydrogen-bond donors (Lipinski definition) is 0. The molecule has 0 bridgehead atoms. The minimum absolute atomic E-state index is 0.933. The Hall–Kier alpha value is 0.532. The van der Waals surface area contributed by atoms with E-state index in [-0.39, 0.29) is 0 Å². The van der Waals surface area contributed by atoms with E-state index >= 15 is 0 Å². The van der Waals surface area contributed by atoms with E-state index in [0.29, 0.717) is 0 Å². The lowest BCUT2D eigenvalue weighted by Gasteiger charge is -1.95. The van der Waals surface area contributed by atoms with E-state index in [1.54, 1.807) is 0 Å². The molecule has 1 heteroatoms. The fourth-order valence-electron chi connectivity index (χ4n) is 0.577. The van der Waals surface area contributed by atoms with Crippen molar-refractivity contribution in [3.8, 4) is 0 Å². The van der Waals surface area contributed by atoms with Crippen molar-refractivity contribution < 1.29 is 0 Å². The summed E-state index contributed by atoms with van der Waals surface area (Å²) in [4.78, 5) is 0. The lowest BCUT2D eigenvalue weighted by Crippen LogP contribution is -1.83. The first-order valence-corrected chi connectivity index (χ1v) is 5.18. The van der Waals surface area contributed by atoms with Crippen molar-refractivity contribution in [2.24, 2.45) is 5.92 Å². The molecule has 0 aromatic rings. The maximum absolute atomic E-state index is 2.28. The Balaban J connectivity index is 0. The Bertz CT molecular complexity index is 25.6. The van der Waals surface area contributed by atoms with Crippen LogP contribution in [-0.4, -0.2) is 16.3 Å². The van der Waals surface area contributed by atoms with Crippen molar-refractivity contribution in [2.45, 2.75) is 39.4 Å². The lowest BCUT2D eigenvalue weighted by atomic mass is 10.2. The van der Waals surface area contributed by atoms with Crippen molar-refractivity contribution in [2.75, 3.05) is 0 Å². The summed E-state index contributed by atoms with van der Waals surface area (Å²) in [5.74, 6) is 0.933. The summed E-state index contributed by atoms with van der Waals surface area (Å²) in [6.45, 7) is 8.55. The molecule has 0 nitrogen and oxygen atoms in total. The van der Waals surface area contributed by atoms with Crippen LogP contribution in [0.2, 0.25) is 5.28 Å². The lowest BCUT2D eigenvalue weighted by molar-refractivity contribution is 0.626. The zero-order valence-corrected chi connectivity index (χ0v) is 8.99. The molecular weight excluding hydrogens is 111 g/mol. The van der Waals surface area contributed by atoms with Crippen LogP contribution in [0.15, 0.2) is 0 Å². The van der Waals surface area contributed by atoms with Crippen molar-refractivity contribution in [1.29, 1.82) is 0 Å². The quantitative estimate of drug-likeness (QED) is 0.502. The Morgan fingerprint density at radius 3 is 1.62 bits per heavy atom. The van der Waals surface area contributed by atoms with Gasteiger partial charge in [0.05, 0.1) is 0 Å². The summed E-state index contributed by atoms with van der Waals surface area (Å²) >= 11 is 1.39. The summed E-state index contributed by atoms with van der Waals surface area (Å²) in [5.41, 5.74) is 0. The highest BCUT2D eigenvalue weighted by Gasteiger charge is 1.85. The average molecular weight is 130 g/mol. The fourth-order valence-corrected chi connectivity index (χ4v) is 1.73. The second kappa shape index (κ2) is 10.5. The molecule has 0 N–H and O–H groups in total. The van der Waals surface area contributed by atoms with Gasteiger partial charge in [0.2, 0.25) is 16.3 Å². The minimum Gasteiger partial charge on any atom is -0.101 e. The van der Waals surface area contributed by atoms with Crippen LogP contribution in [-0.2, 0) is 0 Å². The molecule has 0 aromatic heterocycles. The second-order valence-corrected chi connectivity index (χ2v) is 3.18. The maximum Gasteiger partial charge on any atom is 0.211 e. The van der Waals surface area contributed by atoms with Crippen molar-refractivity contribution in [3.05, 3.63) is 0 Å². The molecule has 0 amide bonds. The predicted octanol–water partition coefficient (Wildman–Crippen LogP) is 2.11. The molecule has 0 heterocycles. The highest BCUT2D eigenvalue weighted by Crippen LogP contribution is 1.99. The largest absolute Gasteiger partial charge is 0.211 e. The van der Waals surface area contributed by atoms with Gasteiger partial charge in [-0.05, 0) is 5.92 Å². The van der Waals surface area contributed by atoms with E-state index in [2.05, 4.69) is 13.8 Å².